The Labute approximate surface area is 182 Å². The van der Waals surface area contributed by atoms with Gasteiger partial charge in [0.05, 0.1) is 17.0 Å². The van der Waals surface area contributed by atoms with E-state index in [-0.39, 0.29) is 25.1 Å². The first-order chi connectivity index (χ1) is 15.0. The average Bonchev–Trinajstić information content (AvgIpc) is 3.36. The Bertz CT molecular complexity index is 1110. The van der Waals surface area contributed by atoms with E-state index in [4.69, 9.17) is 18.6 Å². The van der Waals surface area contributed by atoms with Gasteiger partial charge in [-0.3, -0.25) is 4.79 Å². The van der Waals surface area contributed by atoms with Gasteiger partial charge in [0.25, 0.3) is 0 Å². The topological polar surface area (TPSA) is 99.9 Å². The van der Waals surface area contributed by atoms with Crippen molar-refractivity contribution in [2.45, 2.75) is 25.3 Å². The summed E-state index contributed by atoms with van der Waals surface area (Å²) in [5.74, 6) is 1.68. The van der Waals surface area contributed by atoms with Gasteiger partial charge in [-0.2, -0.15) is 0 Å². The van der Waals surface area contributed by atoms with Crippen LogP contribution in [0.5, 0.6) is 11.5 Å². The highest BCUT2D eigenvalue weighted by Crippen LogP contribution is 2.34. The van der Waals surface area contributed by atoms with Gasteiger partial charge < -0.3 is 23.9 Å². The van der Waals surface area contributed by atoms with Crippen molar-refractivity contribution in [3.05, 3.63) is 65.4 Å². The smallest absolute Gasteiger partial charge is 0.339 e. The summed E-state index contributed by atoms with van der Waals surface area (Å²) in [5, 5.41) is 2.81. The monoisotopic (exact) mass is 440 g/mol. The van der Waals surface area contributed by atoms with E-state index in [0.29, 0.717) is 39.3 Å². The highest BCUT2D eigenvalue weighted by molar-refractivity contribution is 8.00. The fraction of sp³-hybridized carbons (Fsp3) is 0.227. The molecule has 0 unspecified atom stereocenters. The van der Waals surface area contributed by atoms with E-state index < -0.39 is 5.97 Å². The molecular weight excluding hydrogens is 420 g/mol. The predicted octanol–water partition coefficient (Wildman–Crippen LogP) is 4.11. The van der Waals surface area contributed by atoms with Crippen LogP contribution in [0.4, 0.5) is 5.69 Å². The van der Waals surface area contributed by atoms with Crippen LogP contribution in [0.1, 0.15) is 27.7 Å². The lowest BCUT2D eigenvalue weighted by atomic mass is 10.2. The van der Waals surface area contributed by atoms with Crippen molar-refractivity contribution in [2.24, 2.45) is 0 Å². The van der Waals surface area contributed by atoms with E-state index >= 15 is 0 Å². The molecule has 31 heavy (non-hydrogen) atoms. The predicted molar refractivity (Wildman–Crippen MR) is 113 cm³/mol. The Balaban J connectivity index is 1.34. The first-order valence-corrected chi connectivity index (χ1v) is 10.5. The van der Waals surface area contributed by atoms with Crippen molar-refractivity contribution in [3.63, 3.8) is 0 Å². The molecule has 1 aliphatic heterocycles. The molecule has 1 N–H and O–H groups in total. The third kappa shape index (κ3) is 5.00. The number of hydrogen-bond donors (Lipinski definition) is 1. The summed E-state index contributed by atoms with van der Waals surface area (Å²) in [6.45, 7) is 3.74. The number of rotatable bonds is 7. The van der Waals surface area contributed by atoms with Crippen LogP contribution >= 0.6 is 11.8 Å². The van der Waals surface area contributed by atoms with Gasteiger partial charge in [0.15, 0.2) is 18.1 Å². The number of thioether (sulfide) groups is 1. The highest BCUT2D eigenvalue weighted by Gasteiger charge is 2.17. The second-order valence-corrected chi connectivity index (χ2v) is 7.74. The molecular formula is C22H20N2O6S. The highest BCUT2D eigenvalue weighted by atomic mass is 32.2. The molecule has 2 aromatic carbocycles. The normalized spacial score (nSPS) is 11.9. The summed E-state index contributed by atoms with van der Waals surface area (Å²) in [6, 6.07) is 12.2. The number of carbonyl (C=O) groups excluding carboxylic acids is 2. The average molecular weight is 440 g/mol. The fourth-order valence-electron chi connectivity index (χ4n) is 2.88. The minimum Gasteiger partial charge on any atom is -0.454 e. The number of benzene rings is 2. The number of fused-ring (bicyclic) bond motifs is 1. The van der Waals surface area contributed by atoms with Crippen molar-refractivity contribution in [3.8, 4) is 11.5 Å². The molecule has 3 aromatic rings. The van der Waals surface area contributed by atoms with E-state index in [1.807, 2.05) is 6.92 Å². The maximum absolute atomic E-state index is 12.5. The van der Waals surface area contributed by atoms with Gasteiger partial charge in [0, 0.05) is 16.6 Å². The number of ether oxygens (including phenoxy) is 3. The van der Waals surface area contributed by atoms with Gasteiger partial charge in [0.1, 0.15) is 5.76 Å². The molecule has 0 bridgehead atoms. The molecule has 0 fully saturated rings. The van der Waals surface area contributed by atoms with Crippen molar-refractivity contribution in [1.82, 2.24) is 4.98 Å². The molecule has 1 aromatic heterocycles. The van der Waals surface area contributed by atoms with Gasteiger partial charge in [-0.15, -0.1) is 11.8 Å². The number of anilines is 1. The zero-order valence-electron chi connectivity index (χ0n) is 17.0. The molecule has 9 heteroatoms. The number of carbonyl (C=O) groups is 2. The number of nitrogens with zero attached hydrogens (tertiary/aromatic N) is 1. The SMILES string of the molecule is Cc1nc(COC(=O)c2ccccc2SCC(=O)Nc2ccc3c(c2)OCO3)oc1C. The minimum absolute atomic E-state index is 0.0584. The fourth-order valence-corrected chi connectivity index (χ4v) is 3.72. The Kier molecular flexibility index (Phi) is 6.13. The number of amides is 1. The van der Waals surface area contributed by atoms with Crippen molar-refractivity contribution in [2.75, 3.05) is 17.9 Å². The van der Waals surface area contributed by atoms with Gasteiger partial charge in [0.2, 0.25) is 18.6 Å². The maximum atomic E-state index is 12.5. The Morgan fingerprint density at radius 3 is 2.74 bits per heavy atom. The van der Waals surface area contributed by atoms with E-state index in [9.17, 15) is 9.59 Å². The summed E-state index contributed by atoms with van der Waals surface area (Å²) in [6.07, 6.45) is 0. The molecule has 160 valence electrons. The summed E-state index contributed by atoms with van der Waals surface area (Å²) in [5.41, 5.74) is 1.75. The lowest BCUT2D eigenvalue weighted by Gasteiger charge is -2.09. The molecule has 0 saturated heterocycles. The lowest BCUT2D eigenvalue weighted by molar-refractivity contribution is -0.113. The van der Waals surface area contributed by atoms with Crippen molar-refractivity contribution < 1.29 is 28.2 Å². The standard InChI is InChI=1S/C22H20N2O6S/c1-13-14(2)30-21(23-13)10-27-22(26)16-5-3-4-6-19(16)31-11-20(25)24-15-7-8-17-18(9-15)29-12-28-17/h3-9H,10-12H2,1-2H3,(H,24,25). The zero-order chi connectivity index (χ0) is 21.8. The maximum Gasteiger partial charge on any atom is 0.339 e. The minimum atomic E-state index is -0.507. The molecule has 0 saturated carbocycles. The second kappa shape index (κ2) is 9.13. The van der Waals surface area contributed by atoms with Gasteiger partial charge in [-0.1, -0.05) is 12.1 Å². The number of aryl methyl sites for hydroxylation is 2. The summed E-state index contributed by atoms with van der Waals surface area (Å²) < 4.78 is 21.3. The van der Waals surface area contributed by atoms with E-state index in [2.05, 4.69) is 10.3 Å². The Hall–Kier alpha value is -3.46. The van der Waals surface area contributed by atoms with Crippen LogP contribution in [-0.4, -0.2) is 29.4 Å². The molecule has 0 radical (unpaired) electrons. The third-order valence-corrected chi connectivity index (χ3v) is 5.60. The zero-order valence-corrected chi connectivity index (χ0v) is 17.8. The molecule has 8 nitrogen and oxygen atoms in total. The second-order valence-electron chi connectivity index (χ2n) is 6.73. The summed E-state index contributed by atoms with van der Waals surface area (Å²) in [7, 11) is 0. The van der Waals surface area contributed by atoms with Crippen LogP contribution in [0.2, 0.25) is 0 Å². The summed E-state index contributed by atoms with van der Waals surface area (Å²) >= 11 is 1.25. The number of hydrogen-bond acceptors (Lipinski definition) is 8. The molecule has 0 aliphatic carbocycles. The quantitative estimate of drug-likeness (QED) is 0.433. The number of esters is 1. The van der Waals surface area contributed by atoms with Crippen LogP contribution in [0.25, 0.3) is 0 Å². The number of oxazole rings is 1. The first-order valence-electron chi connectivity index (χ1n) is 9.51. The van der Waals surface area contributed by atoms with E-state index in [1.165, 1.54) is 11.8 Å². The molecule has 2 heterocycles. The molecule has 1 aliphatic rings. The van der Waals surface area contributed by atoms with Crippen LogP contribution in [0, 0.1) is 13.8 Å². The van der Waals surface area contributed by atoms with Gasteiger partial charge in [-0.05, 0) is 38.1 Å². The third-order valence-electron chi connectivity index (χ3n) is 4.52. The van der Waals surface area contributed by atoms with Gasteiger partial charge in [-0.25, -0.2) is 9.78 Å². The van der Waals surface area contributed by atoms with Crippen LogP contribution in [0.3, 0.4) is 0 Å². The van der Waals surface area contributed by atoms with Crippen molar-refractivity contribution >= 4 is 29.3 Å². The largest absolute Gasteiger partial charge is 0.454 e. The van der Waals surface area contributed by atoms with E-state index in [0.717, 1.165) is 5.69 Å². The van der Waals surface area contributed by atoms with Crippen LogP contribution in [0.15, 0.2) is 51.8 Å². The van der Waals surface area contributed by atoms with Crippen LogP contribution in [-0.2, 0) is 16.1 Å². The molecule has 1 amide bonds. The van der Waals surface area contributed by atoms with Crippen LogP contribution < -0.4 is 14.8 Å². The van der Waals surface area contributed by atoms with Crippen molar-refractivity contribution in [1.29, 1.82) is 0 Å². The van der Waals surface area contributed by atoms with Gasteiger partial charge >= 0.3 is 5.97 Å². The Morgan fingerprint density at radius 1 is 1.13 bits per heavy atom. The summed E-state index contributed by atoms with van der Waals surface area (Å²) in [4.78, 5) is 29.8. The molecule has 0 atom stereocenters. The number of aromatic nitrogens is 1. The number of nitrogens with one attached hydrogen (secondary N) is 1. The molecule has 0 spiro atoms. The lowest BCUT2D eigenvalue weighted by Crippen LogP contribution is -2.14. The molecule has 4 rings (SSSR count). The first kappa shape index (κ1) is 20.8. The van der Waals surface area contributed by atoms with E-state index in [1.54, 1.807) is 49.4 Å². The Morgan fingerprint density at radius 2 is 1.94 bits per heavy atom.